The fourth-order valence-electron chi connectivity index (χ4n) is 1.25. The fraction of sp³-hybridized carbons (Fsp3) is 0.200. The molecule has 0 fully saturated rings. The second-order valence-corrected chi connectivity index (χ2v) is 3.53. The summed E-state index contributed by atoms with van der Waals surface area (Å²) in [5.41, 5.74) is 0.924. The molecule has 17 heavy (non-hydrogen) atoms. The third-order valence-corrected chi connectivity index (χ3v) is 2.17. The van der Waals surface area contributed by atoms with Crippen molar-refractivity contribution < 1.29 is 9.84 Å². The third kappa shape index (κ3) is 5.07. The van der Waals surface area contributed by atoms with Gasteiger partial charge in [0.15, 0.2) is 0 Å². The zero-order valence-corrected chi connectivity index (χ0v) is 10.3. The smallest absolute Gasteiger partial charge is 0.119 e. The number of benzene rings is 2. The number of phenols is 1. The Morgan fingerprint density at radius 1 is 0.941 bits per heavy atom. The van der Waals surface area contributed by atoms with E-state index in [1.165, 1.54) is 0 Å². The van der Waals surface area contributed by atoms with Crippen molar-refractivity contribution >= 4 is 0 Å². The van der Waals surface area contributed by atoms with E-state index < -0.39 is 0 Å². The Hall–Kier alpha value is -1.96. The van der Waals surface area contributed by atoms with Gasteiger partial charge >= 0.3 is 0 Å². The van der Waals surface area contributed by atoms with Crippen LogP contribution in [0.5, 0.6) is 11.5 Å². The maximum absolute atomic E-state index is 8.92. The van der Waals surface area contributed by atoms with Crippen molar-refractivity contribution in [1.29, 1.82) is 0 Å². The van der Waals surface area contributed by atoms with Gasteiger partial charge in [0.25, 0.3) is 0 Å². The lowest BCUT2D eigenvalue weighted by Crippen LogP contribution is -1.89. The van der Waals surface area contributed by atoms with Crippen molar-refractivity contribution in [2.75, 3.05) is 6.61 Å². The summed E-state index contributed by atoms with van der Waals surface area (Å²) in [6.07, 6.45) is 0. The molecular formula is C15H18O2. The van der Waals surface area contributed by atoms with E-state index in [1.807, 2.05) is 62.4 Å². The number of aromatic hydroxyl groups is 1. The van der Waals surface area contributed by atoms with Gasteiger partial charge in [-0.25, -0.2) is 0 Å². The van der Waals surface area contributed by atoms with Crippen LogP contribution in [-0.4, -0.2) is 11.7 Å². The van der Waals surface area contributed by atoms with Crippen molar-refractivity contribution in [3.63, 3.8) is 0 Å². The molecule has 0 aliphatic carbocycles. The highest BCUT2D eigenvalue weighted by Gasteiger charge is 1.87. The molecule has 90 valence electrons. The standard InChI is InChI=1S/C8H10O.C7H8O/c1-2-9-8-6-4-3-5-7-8;1-6-4-2-3-5-7(6)8/h3-7H,2H2,1H3;2-5,8H,1H3. The zero-order valence-electron chi connectivity index (χ0n) is 10.3. The van der Waals surface area contributed by atoms with E-state index in [-0.39, 0.29) is 0 Å². The molecule has 0 aliphatic rings. The van der Waals surface area contributed by atoms with Gasteiger partial charge in [0.1, 0.15) is 11.5 Å². The lowest BCUT2D eigenvalue weighted by atomic mass is 10.2. The van der Waals surface area contributed by atoms with Gasteiger partial charge < -0.3 is 9.84 Å². The number of hydrogen-bond donors (Lipinski definition) is 1. The van der Waals surface area contributed by atoms with Gasteiger partial charge in [0, 0.05) is 0 Å². The van der Waals surface area contributed by atoms with Crippen LogP contribution in [0.25, 0.3) is 0 Å². The first kappa shape index (κ1) is 13.1. The molecule has 0 spiro atoms. The maximum atomic E-state index is 8.92. The molecule has 0 radical (unpaired) electrons. The van der Waals surface area contributed by atoms with Crippen molar-refractivity contribution in [2.24, 2.45) is 0 Å². The van der Waals surface area contributed by atoms with Gasteiger partial charge in [-0.15, -0.1) is 0 Å². The topological polar surface area (TPSA) is 29.5 Å². The molecule has 2 rings (SSSR count). The lowest BCUT2D eigenvalue weighted by Gasteiger charge is -1.99. The molecule has 0 saturated carbocycles. The van der Waals surface area contributed by atoms with E-state index >= 15 is 0 Å². The summed E-state index contributed by atoms with van der Waals surface area (Å²) in [7, 11) is 0. The molecule has 1 N–H and O–H groups in total. The van der Waals surface area contributed by atoms with Gasteiger partial charge in [-0.05, 0) is 37.6 Å². The number of aryl methyl sites for hydroxylation is 1. The first-order chi connectivity index (χ1) is 8.24. The molecule has 2 aromatic rings. The highest BCUT2D eigenvalue weighted by Crippen LogP contribution is 2.12. The first-order valence-electron chi connectivity index (χ1n) is 5.66. The number of ether oxygens (including phenoxy) is 1. The quantitative estimate of drug-likeness (QED) is 0.850. The van der Waals surface area contributed by atoms with Crippen LogP contribution >= 0.6 is 0 Å². The molecule has 0 bridgehead atoms. The number of rotatable bonds is 2. The molecular weight excluding hydrogens is 212 g/mol. The minimum Gasteiger partial charge on any atom is -0.508 e. The predicted octanol–water partition coefficient (Wildman–Crippen LogP) is 3.79. The summed E-state index contributed by atoms with van der Waals surface area (Å²) in [4.78, 5) is 0. The summed E-state index contributed by atoms with van der Waals surface area (Å²) >= 11 is 0. The molecule has 2 aromatic carbocycles. The van der Waals surface area contributed by atoms with Crippen LogP contribution in [0.3, 0.4) is 0 Å². The lowest BCUT2D eigenvalue weighted by molar-refractivity contribution is 0.340. The van der Waals surface area contributed by atoms with Crippen LogP contribution < -0.4 is 4.74 Å². The van der Waals surface area contributed by atoms with Crippen LogP contribution in [0.1, 0.15) is 12.5 Å². The molecule has 0 unspecified atom stereocenters. The Kier molecular flexibility index (Phi) is 5.66. The average Bonchev–Trinajstić information content (AvgIpc) is 2.36. The van der Waals surface area contributed by atoms with Gasteiger partial charge in [-0.1, -0.05) is 36.4 Å². The van der Waals surface area contributed by atoms with Gasteiger partial charge in [-0.2, -0.15) is 0 Å². The zero-order chi connectivity index (χ0) is 12.5. The van der Waals surface area contributed by atoms with Crippen LogP contribution in [0, 0.1) is 6.92 Å². The maximum Gasteiger partial charge on any atom is 0.119 e. The molecule has 2 nitrogen and oxygen atoms in total. The summed E-state index contributed by atoms with van der Waals surface area (Å²) in [6.45, 7) is 4.59. The summed E-state index contributed by atoms with van der Waals surface area (Å²) in [6, 6.07) is 17.0. The van der Waals surface area contributed by atoms with E-state index in [2.05, 4.69) is 0 Å². The first-order valence-corrected chi connectivity index (χ1v) is 5.66. The molecule has 0 amide bonds. The Balaban J connectivity index is 0.000000171. The monoisotopic (exact) mass is 230 g/mol. The van der Waals surface area contributed by atoms with Gasteiger partial charge in [-0.3, -0.25) is 0 Å². The average molecular weight is 230 g/mol. The summed E-state index contributed by atoms with van der Waals surface area (Å²) in [5.74, 6) is 1.31. The minimum atomic E-state index is 0.368. The van der Waals surface area contributed by atoms with Crippen molar-refractivity contribution in [3.8, 4) is 11.5 Å². The number of phenolic OH excluding ortho intramolecular Hbond substituents is 1. The van der Waals surface area contributed by atoms with Crippen LogP contribution in [0.15, 0.2) is 54.6 Å². The van der Waals surface area contributed by atoms with E-state index in [0.29, 0.717) is 5.75 Å². The largest absolute Gasteiger partial charge is 0.508 e. The van der Waals surface area contributed by atoms with Crippen molar-refractivity contribution in [3.05, 3.63) is 60.2 Å². The predicted molar refractivity (Wildman–Crippen MR) is 70.5 cm³/mol. The molecule has 0 saturated heterocycles. The minimum absolute atomic E-state index is 0.368. The summed E-state index contributed by atoms with van der Waals surface area (Å²) in [5, 5.41) is 8.92. The van der Waals surface area contributed by atoms with Crippen molar-refractivity contribution in [2.45, 2.75) is 13.8 Å². The van der Waals surface area contributed by atoms with Gasteiger partial charge in [0.2, 0.25) is 0 Å². The second kappa shape index (κ2) is 7.34. The highest BCUT2D eigenvalue weighted by atomic mass is 16.5. The van der Waals surface area contributed by atoms with Gasteiger partial charge in [0.05, 0.1) is 6.61 Å². The molecule has 0 heterocycles. The highest BCUT2D eigenvalue weighted by molar-refractivity contribution is 5.29. The van der Waals surface area contributed by atoms with Crippen LogP contribution in [0.2, 0.25) is 0 Å². The Morgan fingerprint density at radius 2 is 1.53 bits per heavy atom. The Labute approximate surface area is 102 Å². The van der Waals surface area contributed by atoms with E-state index in [0.717, 1.165) is 17.9 Å². The van der Waals surface area contributed by atoms with E-state index in [1.54, 1.807) is 6.07 Å². The second-order valence-electron chi connectivity index (χ2n) is 3.53. The van der Waals surface area contributed by atoms with Crippen LogP contribution in [-0.2, 0) is 0 Å². The molecule has 2 heteroatoms. The Morgan fingerprint density at radius 3 is 2.00 bits per heavy atom. The Bertz CT molecular complexity index is 403. The van der Waals surface area contributed by atoms with Crippen molar-refractivity contribution in [1.82, 2.24) is 0 Å². The van der Waals surface area contributed by atoms with Crippen LogP contribution in [0.4, 0.5) is 0 Å². The fourth-order valence-corrected chi connectivity index (χ4v) is 1.25. The number of hydrogen-bond acceptors (Lipinski definition) is 2. The summed E-state index contributed by atoms with van der Waals surface area (Å²) < 4.78 is 5.21. The SMILES string of the molecule is CCOc1ccccc1.Cc1ccccc1O. The van der Waals surface area contributed by atoms with E-state index in [4.69, 9.17) is 9.84 Å². The normalized spacial score (nSPS) is 9.06. The molecule has 0 aliphatic heterocycles. The number of para-hydroxylation sites is 2. The molecule has 0 aromatic heterocycles. The molecule has 0 atom stereocenters. The van der Waals surface area contributed by atoms with E-state index in [9.17, 15) is 0 Å². The third-order valence-electron chi connectivity index (χ3n) is 2.17.